The maximum absolute atomic E-state index is 12.5. The largest absolute Gasteiger partial charge is 0.493 e. The van der Waals surface area contributed by atoms with Crippen molar-refractivity contribution in [1.29, 1.82) is 0 Å². The van der Waals surface area contributed by atoms with Crippen molar-refractivity contribution in [2.45, 2.75) is 47.0 Å². The third kappa shape index (κ3) is 9.24. The fourth-order valence-electron chi connectivity index (χ4n) is 3.88. The Bertz CT molecular complexity index is 767. The van der Waals surface area contributed by atoms with Crippen LogP contribution in [-0.2, 0) is 9.53 Å². The van der Waals surface area contributed by atoms with Crippen LogP contribution in [0.2, 0.25) is 0 Å². The minimum Gasteiger partial charge on any atom is -0.493 e. The third-order valence-electron chi connectivity index (χ3n) is 6.05. The lowest BCUT2D eigenvalue weighted by molar-refractivity contribution is -0.134. The van der Waals surface area contributed by atoms with Crippen LogP contribution in [0.3, 0.4) is 0 Å². The zero-order valence-corrected chi connectivity index (χ0v) is 22.0. The third-order valence-corrected chi connectivity index (χ3v) is 6.05. The molecule has 0 aliphatic rings. The van der Waals surface area contributed by atoms with Crippen LogP contribution in [0, 0.1) is 23.7 Å². The molecule has 5 nitrogen and oxygen atoms in total. The fraction of sp³-hybridized carbons (Fsp3) is 0.607. The first-order valence-corrected chi connectivity index (χ1v) is 12.0. The van der Waals surface area contributed by atoms with Gasteiger partial charge in [0.05, 0.1) is 13.7 Å². The second kappa shape index (κ2) is 14.8. The highest BCUT2D eigenvalue weighted by Crippen LogP contribution is 2.36. The number of benzene rings is 1. The van der Waals surface area contributed by atoms with Gasteiger partial charge in [-0.1, -0.05) is 52.5 Å². The van der Waals surface area contributed by atoms with Gasteiger partial charge in [0.15, 0.2) is 11.5 Å². The fourth-order valence-corrected chi connectivity index (χ4v) is 3.88. The van der Waals surface area contributed by atoms with E-state index in [9.17, 15) is 4.79 Å². The molecule has 0 N–H and O–H groups in total. The van der Waals surface area contributed by atoms with Crippen molar-refractivity contribution < 1.29 is 19.0 Å². The molecule has 0 spiro atoms. The zero-order valence-electron chi connectivity index (χ0n) is 22.0. The summed E-state index contributed by atoms with van der Waals surface area (Å²) in [5.41, 5.74) is 2.15. The molecule has 0 aromatic heterocycles. The van der Waals surface area contributed by atoms with Crippen LogP contribution in [0.25, 0.3) is 5.57 Å². The lowest BCUT2D eigenvalue weighted by Gasteiger charge is -2.24. The molecule has 0 saturated carbocycles. The van der Waals surface area contributed by atoms with E-state index in [1.807, 2.05) is 32.3 Å². The van der Waals surface area contributed by atoms with Gasteiger partial charge in [-0.25, -0.2) is 0 Å². The van der Waals surface area contributed by atoms with Gasteiger partial charge < -0.3 is 19.1 Å². The first-order chi connectivity index (χ1) is 15.6. The number of rotatable bonds is 15. The SMILES string of the molecule is C=C(c1ccc(OC)c(OCCCOC)c1)C(CC=CCC(C(=O)N(C)C)C(C)C)C(C)C. The molecule has 0 aliphatic heterocycles. The van der Waals surface area contributed by atoms with Gasteiger partial charge in [0.2, 0.25) is 5.91 Å². The van der Waals surface area contributed by atoms with Gasteiger partial charge in [0.1, 0.15) is 0 Å². The summed E-state index contributed by atoms with van der Waals surface area (Å²) < 4.78 is 16.5. The molecular formula is C28H45NO4. The van der Waals surface area contributed by atoms with Gasteiger partial charge in [-0.15, -0.1) is 0 Å². The van der Waals surface area contributed by atoms with Crippen molar-refractivity contribution in [1.82, 2.24) is 4.90 Å². The van der Waals surface area contributed by atoms with E-state index in [4.69, 9.17) is 14.2 Å². The van der Waals surface area contributed by atoms with Gasteiger partial charge in [0.25, 0.3) is 0 Å². The Hall–Kier alpha value is -2.27. The second-order valence-corrected chi connectivity index (χ2v) is 9.46. The number of carbonyl (C=O) groups is 1. The summed E-state index contributed by atoms with van der Waals surface area (Å²) in [6.07, 6.45) is 6.83. The maximum atomic E-state index is 12.5. The van der Waals surface area contributed by atoms with E-state index in [0.717, 1.165) is 41.9 Å². The molecule has 5 heteroatoms. The molecule has 1 aromatic carbocycles. The second-order valence-electron chi connectivity index (χ2n) is 9.46. The molecule has 186 valence electrons. The summed E-state index contributed by atoms with van der Waals surface area (Å²) in [7, 11) is 6.99. The van der Waals surface area contributed by atoms with E-state index in [2.05, 4.69) is 46.4 Å². The van der Waals surface area contributed by atoms with E-state index >= 15 is 0 Å². The summed E-state index contributed by atoms with van der Waals surface area (Å²) in [5.74, 6) is 2.68. The first kappa shape index (κ1) is 28.8. The number of nitrogens with zero attached hydrogens (tertiary/aromatic N) is 1. The lowest BCUT2D eigenvalue weighted by atomic mass is 9.82. The van der Waals surface area contributed by atoms with Gasteiger partial charge in [-0.05, 0) is 53.9 Å². The molecule has 0 fully saturated rings. The molecule has 33 heavy (non-hydrogen) atoms. The summed E-state index contributed by atoms with van der Waals surface area (Å²) in [6.45, 7) is 14.3. The molecule has 2 unspecified atom stereocenters. The Labute approximate surface area is 201 Å². The van der Waals surface area contributed by atoms with Crippen LogP contribution in [0.4, 0.5) is 0 Å². The van der Waals surface area contributed by atoms with Crippen LogP contribution in [-0.4, -0.2) is 52.3 Å². The van der Waals surface area contributed by atoms with Crippen molar-refractivity contribution in [2.75, 3.05) is 41.5 Å². The van der Waals surface area contributed by atoms with E-state index in [0.29, 0.717) is 25.0 Å². The van der Waals surface area contributed by atoms with E-state index in [-0.39, 0.29) is 17.7 Å². The Morgan fingerprint density at radius 1 is 0.970 bits per heavy atom. The topological polar surface area (TPSA) is 48.0 Å². The highest BCUT2D eigenvalue weighted by Gasteiger charge is 2.23. The number of amides is 1. The summed E-state index contributed by atoms with van der Waals surface area (Å²) in [6, 6.07) is 6.02. The number of carbonyl (C=O) groups excluding carboxylic acids is 1. The van der Waals surface area contributed by atoms with Crippen LogP contribution >= 0.6 is 0 Å². The standard InChI is InChI=1S/C28H45NO4/c1-20(2)24(13-10-11-14-25(21(3)4)28(30)29(6)7)22(5)23-15-16-26(32-9)27(19-23)33-18-12-17-31-8/h10-11,15-16,19-21,24-25H,5,12-14,17-18H2,1-4,6-9H3. The molecule has 0 bridgehead atoms. The van der Waals surface area contributed by atoms with Crippen molar-refractivity contribution in [3.63, 3.8) is 0 Å². The Balaban J connectivity index is 2.91. The van der Waals surface area contributed by atoms with Gasteiger partial charge in [0, 0.05) is 40.2 Å². The average Bonchev–Trinajstić information content (AvgIpc) is 2.77. The molecule has 0 heterocycles. The van der Waals surface area contributed by atoms with E-state index in [1.165, 1.54) is 0 Å². The summed E-state index contributed by atoms with van der Waals surface area (Å²) in [5, 5.41) is 0. The minimum atomic E-state index is 0.0105. The van der Waals surface area contributed by atoms with Crippen LogP contribution < -0.4 is 9.47 Å². The van der Waals surface area contributed by atoms with Crippen molar-refractivity contribution in [3.8, 4) is 11.5 Å². The predicted molar refractivity (Wildman–Crippen MR) is 138 cm³/mol. The Morgan fingerprint density at radius 3 is 2.09 bits per heavy atom. The number of hydrogen-bond acceptors (Lipinski definition) is 4. The number of methoxy groups -OCH3 is 2. The molecule has 0 aliphatic carbocycles. The summed E-state index contributed by atoms with van der Waals surface area (Å²) >= 11 is 0. The highest BCUT2D eigenvalue weighted by atomic mass is 16.5. The molecule has 1 amide bonds. The summed E-state index contributed by atoms with van der Waals surface area (Å²) in [4.78, 5) is 14.1. The van der Waals surface area contributed by atoms with Gasteiger partial charge >= 0.3 is 0 Å². The quantitative estimate of drug-likeness (QED) is 0.235. The normalized spacial score (nSPS) is 13.4. The van der Waals surface area contributed by atoms with Crippen molar-refractivity contribution >= 4 is 11.5 Å². The highest BCUT2D eigenvalue weighted by molar-refractivity contribution is 5.78. The van der Waals surface area contributed by atoms with Gasteiger partial charge in [-0.2, -0.15) is 0 Å². The molecule has 1 rings (SSSR count). The predicted octanol–water partition coefficient (Wildman–Crippen LogP) is 6.09. The van der Waals surface area contributed by atoms with E-state index < -0.39 is 0 Å². The molecule has 0 saturated heterocycles. The number of hydrogen-bond donors (Lipinski definition) is 0. The van der Waals surface area contributed by atoms with Crippen LogP contribution in [0.15, 0.2) is 36.9 Å². The van der Waals surface area contributed by atoms with Crippen LogP contribution in [0.5, 0.6) is 11.5 Å². The molecule has 2 atom stereocenters. The minimum absolute atomic E-state index is 0.0105. The number of allylic oxidation sites excluding steroid dienone is 3. The average molecular weight is 460 g/mol. The number of ether oxygens (including phenoxy) is 3. The molecule has 0 radical (unpaired) electrons. The van der Waals surface area contributed by atoms with Crippen molar-refractivity contribution in [2.24, 2.45) is 23.7 Å². The Kier molecular flexibility index (Phi) is 12.9. The van der Waals surface area contributed by atoms with Crippen molar-refractivity contribution in [3.05, 3.63) is 42.5 Å². The lowest BCUT2D eigenvalue weighted by Crippen LogP contribution is -2.32. The van der Waals surface area contributed by atoms with Gasteiger partial charge in [-0.3, -0.25) is 4.79 Å². The Morgan fingerprint density at radius 2 is 1.58 bits per heavy atom. The zero-order chi connectivity index (χ0) is 25.0. The monoisotopic (exact) mass is 459 g/mol. The maximum Gasteiger partial charge on any atom is 0.225 e. The van der Waals surface area contributed by atoms with E-state index in [1.54, 1.807) is 19.1 Å². The van der Waals surface area contributed by atoms with Crippen LogP contribution in [0.1, 0.15) is 52.5 Å². The molecule has 1 aromatic rings. The molecular weight excluding hydrogens is 414 g/mol. The first-order valence-electron chi connectivity index (χ1n) is 12.0. The smallest absolute Gasteiger partial charge is 0.225 e.